The first-order chi connectivity index (χ1) is 12.6. The van der Waals surface area contributed by atoms with Crippen LogP contribution in [-0.2, 0) is 32.9 Å². The molecule has 1 atom stereocenters. The van der Waals surface area contributed by atoms with E-state index in [-0.39, 0.29) is 19.1 Å². The van der Waals surface area contributed by atoms with Gasteiger partial charge < -0.3 is 10.1 Å². The number of benzene rings is 2. The van der Waals surface area contributed by atoms with Crippen molar-refractivity contribution in [2.75, 3.05) is 6.54 Å². The number of hydrogen-bond donors (Lipinski definition) is 1. The highest BCUT2D eigenvalue weighted by atomic mass is 16.5. The third-order valence-electron chi connectivity index (χ3n) is 4.95. The summed E-state index contributed by atoms with van der Waals surface area (Å²) in [6.07, 6.45) is 1.22. The lowest BCUT2D eigenvalue weighted by Gasteiger charge is -2.22. The second-order valence-corrected chi connectivity index (χ2v) is 6.53. The van der Waals surface area contributed by atoms with E-state index in [1.807, 2.05) is 54.6 Å². The third-order valence-corrected chi connectivity index (χ3v) is 4.95. The number of fused-ring (bicyclic) bond motifs is 2. The molecule has 1 spiro atoms. The quantitative estimate of drug-likeness (QED) is 0.677. The normalized spacial score (nSPS) is 21.0. The Hall–Kier alpha value is -3.15. The summed E-state index contributed by atoms with van der Waals surface area (Å²) in [6, 6.07) is 16.3. The largest absolute Gasteiger partial charge is 0.459 e. The first-order valence-corrected chi connectivity index (χ1v) is 8.52. The van der Waals surface area contributed by atoms with Gasteiger partial charge >= 0.3 is 12.0 Å². The van der Waals surface area contributed by atoms with Crippen molar-refractivity contribution in [3.8, 4) is 0 Å². The maximum atomic E-state index is 12.9. The van der Waals surface area contributed by atoms with Gasteiger partial charge in [0.15, 0.2) is 0 Å². The minimum Gasteiger partial charge on any atom is -0.459 e. The monoisotopic (exact) mass is 350 g/mol. The molecule has 1 heterocycles. The Kier molecular flexibility index (Phi) is 3.95. The summed E-state index contributed by atoms with van der Waals surface area (Å²) in [7, 11) is 0. The van der Waals surface area contributed by atoms with Gasteiger partial charge in [0.05, 0.1) is 0 Å². The predicted molar refractivity (Wildman–Crippen MR) is 92.9 cm³/mol. The van der Waals surface area contributed by atoms with Crippen LogP contribution in [0.2, 0.25) is 0 Å². The van der Waals surface area contributed by atoms with Crippen molar-refractivity contribution in [3.05, 3.63) is 71.3 Å². The number of esters is 1. The Morgan fingerprint density at radius 1 is 1.08 bits per heavy atom. The van der Waals surface area contributed by atoms with Gasteiger partial charge in [-0.05, 0) is 29.5 Å². The Labute approximate surface area is 150 Å². The fourth-order valence-corrected chi connectivity index (χ4v) is 3.65. The molecule has 2 aliphatic rings. The number of nitrogens with one attached hydrogen (secondary N) is 1. The van der Waals surface area contributed by atoms with Crippen LogP contribution in [0.4, 0.5) is 4.79 Å². The van der Waals surface area contributed by atoms with Crippen LogP contribution in [0.15, 0.2) is 54.6 Å². The molecular formula is C20H18N2O4. The van der Waals surface area contributed by atoms with Crippen molar-refractivity contribution in [1.82, 2.24) is 10.2 Å². The predicted octanol–water partition coefficient (Wildman–Crippen LogP) is 2.12. The van der Waals surface area contributed by atoms with Crippen LogP contribution < -0.4 is 5.32 Å². The van der Waals surface area contributed by atoms with Crippen LogP contribution >= 0.6 is 0 Å². The van der Waals surface area contributed by atoms with E-state index in [0.29, 0.717) is 12.8 Å². The summed E-state index contributed by atoms with van der Waals surface area (Å²) in [4.78, 5) is 38.4. The molecule has 1 unspecified atom stereocenters. The molecule has 0 radical (unpaired) electrons. The molecule has 6 heteroatoms. The molecule has 2 aromatic rings. The van der Waals surface area contributed by atoms with Crippen LogP contribution in [0.1, 0.15) is 23.1 Å². The number of carbonyl (C=O) groups excluding carboxylic acids is 3. The van der Waals surface area contributed by atoms with E-state index in [1.165, 1.54) is 0 Å². The number of amides is 3. The van der Waals surface area contributed by atoms with Crippen LogP contribution in [0.25, 0.3) is 0 Å². The molecule has 1 aliphatic carbocycles. The summed E-state index contributed by atoms with van der Waals surface area (Å²) in [5, 5.41) is 2.79. The van der Waals surface area contributed by atoms with Crippen molar-refractivity contribution < 1.29 is 19.1 Å². The highest BCUT2D eigenvalue weighted by Crippen LogP contribution is 2.41. The Bertz CT molecular complexity index is 880. The second kappa shape index (κ2) is 6.29. The minimum absolute atomic E-state index is 0.108. The van der Waals surface area contributed by atoms with E-state index >= 15 is 0 Å². The van der Waals surface area contributed by atoms with Crippen molar-refractivity contribution in [2.24, 2.45) is 0 Å². The van der Waals surface area contributed by atoms with Gasteiger partial charge in [-0.3, -0.25) is 14.5 Å². The number of ether oxygens (including phenoxy) is 1. The van der Waals surface area contributed by atoms with Crippen molar-refractivity contribution in [1.29, 1.82) is 0 Å². The fourth-order valence-electron chi connectivity index (χ4n) is 3.65. The molecule has 1 N–H and O–H groups in total. The van der Waals surface area contributed by atoms with Crippen molar-refractivity contribution in [3.63, 3.8) is 0 Å². The summed E-state index contributed by atoms with van der Waals surface area (Å²) < 4.78 is 5.19. The topological polar surface area (TPSA) is 75.7 Å². The van der Waals surface area contributed by atoms with Crippen LogP contribution in [0, 0.1) is 0 Å². The van der Waals surface area contributed by atoms with E-state index in [0.717, 1.165) is 21.6 Å². The van der Waals surface area contributed by atoms with Crippen molar-refractivity contribution >= 4 is 17.9 Å². The number of imide groups is 1. The molecule has 1 saturated heterocycles. The van der Waals surface area contributed by atoms with E-state index in [1.54, 1.807) is 0 Å². The third kappa shape index (κ3) is 2.63. The summed E-state index contributed by atoms with van der Waals surface area (Å²) in [5.74, 6) is -0.996. The standard InChI is InChI=1S/C20H18N2O4/c23-17(26-13-14-6-2-1-3-7-14)12-22-18(24)20(21-19(22)25)11-10-15-8-4-5-9-16(15)20/h1-9H,10-13H2,(H,21,25). The molecule has 3 amide bonds. The van der Waals surface area contributed by atoms with E-state index < -0.39 is 17.5 Å². The van der Waals surface area contributed by atoms with Gasteiger partial charge in [0.1, 0.15) is 18.7 Å². The van der Waals surface area contributed by atoms with Gasteiger partial charge in [-0.2, -0.15) is 0 Å². The van der Waals surface area contributed by atoms with E-state index in [2.05, 4.69) is 5.32 Å². The summed E-state index contributed by atoms with van der Waals surface area (Å²) >= 11 is 0. The Morgan fingerprint density at radius 2 is 1.81 bits per heavy atom. The zero-order valence-corrected chi connectivity index (χ0v) is 14.1. The maximum Gasteiger partial charge on any atom is 0.326 e. The number of urea groups is 1. The summed E-state index contributed by atoms with van der Waals surface area (Å²) in [6.45, 7) is -0.279. The number of hydrogen-bond acceptors (Lipinski definition) is 4. The van der Waals surface area contributed by atoms with Gasteiger partial charge in [0, 0.05) is 0 Å². The smallest absolute Gasteiger partial charge is 0.326 e. The Balaban J connectivity index is 1.46. The van der Waals surface area contributed by atoms with Gasteiger partial charge in [-0.25, -0.2) is 4.79 Å². The lowest BCUT2D eigenvalue weighted by molar-refractivity contribution is -0.149. The zero-order valence-electron chi connectivity index (χ0n) is 14.1. The lowest BCUT2D eigenvalue weighted by atomic mass is 9.92. The zero-order chi connectivity index (χ0) is 18.1. The van der Waals surface area contributed by atoms with Gasteiger partial charge in [-0.1, -0.05) is 54.6 Å². The van der Waals surface area contributed by atoms with Crippen LogP contribution in [0.3, 0.4) is 0 Å². The molecule has 2 aromatic carbocycles. The average molecular weight is 350 g/mol. The molecular weight excluding hydrogens is 332 g/mol. The molecule has 0 bridgehead atoms. The molecule has 132 valence electrons. The Morgan fingerprint density at radius 3 is 2.62 bits per heavy atom. The molecule has 6 nitrogen and oxygen atoms in total. The number of carbonyl (C=O) groups is 3. The van der Waals surface area contributed by atoms with Gasteiger partial charge in [0.2, 0.25) is 0 Å². The van der Waals surface area contributed by atoms with Crippen LogP contribution in [-0.4, -0.2) is 29.4 Å². The number of aryl methyl sites for hydroxylation is 1. The highest BCUT2D eigenvalue weighted by Gasteiger charge is 2.55. The molecule has 0 aromatic heterocycles. The maximum absolute atomic E-state index is 12.9. The molecule has 1 fully saturated rings. The van der Waals surface area contributed by atoms with Gasteiger partial charge in [0.25, 0.3) is 5.91 Å². The highest BCUT2D eigenvalue weighted by molar-refractivity contribution is 6.09. The van der Waals surface area contributed by atoms with E-state index in [9.17, 15) is 14.4 Å². The average Bonchev–Trinajstić information content (AvgIpc) is 3.15. The van der Waals surface area contributed by atoms with Crippen LogP contribution in [0.5, 0.6) is 0 Å². The molecule has 1 aliphatic heterocycles. The number of rotatable bonds is 4. The molecule has 4 rings (SSSR count). The van der Waals surface area contributed by atoms with Crippen molar-refractivity contribution in [2.45, 2.75) is 25.0 Å². The van der Waals surface area contributed by atoms with Gasteiger partial charge in [-0.15, -0.1) is 0 Å². The fraction of sp³-hybridized carbons (Fsp3) is 0.250. The second-order valence-electron chi connectivity index (χ2n) is 6.53. The first kappa shape index (κ1) is 16.3. The molecule has 0 saturated carbocycles. The SMILES string of the molecule is O=C(CN1C(=O)NC2(CCc3ccccc32)C1=O)OCc1ccccc1. The molecule has 26 heavy (non-hydrogen) atoms. The first-order valence-electron chi connectivity index (χ1n) is 8.52. The minimum atomic E-state index is -1.05. The lowest BCUT2D eigenvalue weighted by Crippen LogP contribution is -2.42. The number of nitrogens with zero attached hydrogens (tertiary/aromatic N) is 1. The summed E-state index contributed by atoms with van der Waals surface area (Å²) in [5.41, 5.74) is 1.67. The van der Waals surface area contributed by atoms with E-state index in [4.69, 9.17) is 4.74 Å².